The van der Waals surface area contributed by atoms with Gasteiger partial charge in [-0.25, -0.2) is 8.42 Å². The van der Waals surface area contributed by atoms with E-state index in [0.717, 1.165) is 40.6 Å². The first kappa shape index (κ1) is 17.9. The maximum absolute atomic E-state index is 13.3. The topological polar surface area (TPSA) is 59.5 Å². The summed E-state index contributed by atoms with van der Waals surface area (Å²) in [4.78, 5) is 4.39. The molecule has 1 atom stereocenters. The maximum atomic E-state index is 13.3. The number of ether oxygens (including phenoxy) is 1. The van der Waals surface area contributed by atoms with Crippen LogP contribution in [0.15, 0.2) is 60.8 Å². The van der Waals surface area contributed by atoms with Crippen LogP contribution in [0.25, 0.3) is 10.9 Å². The highest BCUT2D eigenvalue weighted by atomic mass is 32.2. The Balaban J connectivity index is 1.68. The van der Waals surface area contributed by atoms with E-state index in [1.54, 1.807) is 17.6 Å². The van der Waals surface area contributed by atoms with Crippen molar-refractivity contribution in [3.8, 4) is 5.75 Å². The van der Waals surface area contributed by atoms with Crippen molar-refractivity contribution in [1.82, 2.24) is 9.29 Å². The first-order valence-electron chi connectivity index (χ1n) is 9.05. The second-order valence-electron chi connectivity index (χ2n) is 6.76. The van der Waals surface area contributed by atoms with Crippen molar-refractivity contribution in [1.29, 1.82) is 0 Å². The molecule has 0 aliphatic carbocycles. The number of para-hydroxylation sites is 2. The normalized spacial score (nSPS) is 18.0. The second kappa shape index (κ2) is 7.29. The van der Waals surface area contributed by atoms with Crippen LogP contribution < -0.4 is 4.74 Å². The number of nitrogens with zero attached hydrogens (tertiary/aromatic N) is 2. The van der Waals surface area contributed by atoms with Crippen LogP contribution in [0.4, 0.5) is 0 Å². The van der Waals surface area contributed by atoms with E-state index in [4.69, 9.17) is 4.74 Å². The number of pyridine rings is 1. The molecule has 2 heterocycles. The maximum Gasteiger partial charge on any atom is 0.218 e. The molecule has 2 aromatic carbocycles. The fourth-order valence-electron chi connectivity index (χ4n) is 3.89. The van der Waals surface area contributed by atoms with Crippen LogP contribution in [0.1, 0.15) is 30.0 Å². The SMILES string of the molecule is COc1ccccc1[C@H]1CCCN1S(=O)(=O)Cc1cccc2cccnc12. The molecular weight excluding hydrogens is 360 g/mol. The fourth-order valence-corrected chi connectivity index (χ4v) is 5.69. The number of hydrogen-bond acceptors (Lipinski definition) is 4. The molecule has 6 heteroatoms. The number of sulfonamides is 1. The molecule has 4 rings (SSSR count). The van der Waals surface area contributed by atoms with Crippen LogP contribution >= 0.6 is 0 Å². The highest BCUT2D eigenvalue weighted by Gasteiger charge is 2.36. The van der Waals surface area contributed by atoms with Gasteiger partial charge in [0.2, 0.25) is 10.0 Å². The molecule has 0 radical (unpaired) electrons. The van der Waals surface area contributed by atoms with Crippen LogP contribution in [-0.2, 0) is 15.8 Å². The van der Waals surface area contributed by atoms with Crippen molar-refractivity contribution in [2.75, 3.05) is 13.7 Å². The van der Waals surface area contributed by atoms with Crippen molar-refractivity contribution >= 4 is 20.9 Å². The average molecular weight is 382 g/mol. The number of aromatic nitrogens is 1. The minimum Gasteiger partial charge on any atom is -0.496 e. The molecule has 1 aliphatic heterocycles. The Morgan fingerprint density at radius 3 is 2.78 bits per heavy atom. The molecule has 1 aliphatic rings. The van der Waals surface area contributed by atoms with Crippen LogP contribution in [0.3, 0.4) is 0 Å². The largest absolute Gasteiger partial charge is 0.496 e. The molecule has 0 unspecified atom stereocenters. The van der Waals surface area contributed by atoms with Crippen LogP contribution in [0.2, 0.25) is 0 Å². The van der Waals surface area contributed by atoms with E-state index in [0.29, 0.717) is 6.54 Å². The van der Waals surface area contributed by atoms with Crippen molar-refractivity contribution < 1.29 is 13.2 Å². The van der Waals surface area contributed by atoms with Crippen molar-refractivity contribution in [3.63, 3.8) is 0 Å². The second-order valence-corrected chi connectivity index (χ2v) is 8.68. The summed E-state index contributed by atoms with van der Waals surface area (Å²) in [7, 11) is -1.87. The Kier molecular flexibility index (Phi) is 4.85. The van der Waals surface area contributed by atoms with Crippen LogP contribution in [-0.4, -0.2) is 31.4 Å². The summed E-state index contributed by atoms with van der Waals surface area (Å²) in [5, 5.41) is 0.952. The lowest BCUT2D eigenvalue weighted by atomic mass is 10.0. The van der Waals surface area contributed by atoms with Gasteiger partial charge < -0.3 is 4.74 Å². The van der Waals surface area contributed by atoms with E-state index < -0.39 is 10.0 Å². The zero-order valence-corrected chi connectivity index (χ0v) is 16.0. The molecule has 1 fully saturated rings. The molecule has 1 saturated heterocycles. The van der Waals surface area contributed by atoms with Gasteiger partial charge in [-0.3, -0.25) is 4.98 Å². The molecule has 0 bridgehead atoms. The predicted octanol–water partition coefficient (Wildman–Crippen LogP) is 3.91. The molecule has 0 saturated carbocycles. The lowest BCUT2D eigenvalue weighted by Gasteiger charge is -2.26. The van der Waals surface area contributed by atoms with E-state index in [1.807, 2.05) is 54.6 Å². The smallest absolute Gasteiger partial charge is 0.218 e. The van der Waals surface area contributed by atoms with Gasteiger partial charge in [0.25, 0.3) is 0 Å². The van der Waals surface area contributed by atoms with Gasteiger partial charge in [0.15, 0.2) is 0 Å². The zero-order valence-electron chi connectivity index (χ0n) is 15.2. The Bertz CT molecular complexity index is 1060. The third-order valence-corrected chi connectivity index (χ3v) is 6.94. The van der Waals surface area contributed by atoms with E-state index in [1.165, 1.54) is 0 Å². The van der Waals surface area contributed by atoms with Gasteiger partial charge in [-0.2, -0.15) is 4.31 Å². The van der Waals surface area contributed by atoms with Gasteiger partial charge in [-0.1, -0.05) is 42.5 Å². The molecule has 3 aromatic rings. The Morgan fingerprint density at radius 2 is 1.93 bits per heavy atom. The van der Waals surface area contributed by atoms with E-state index in [9.17, 15) is 8.42 Å². The third kappa shape index (κ3) is 3.42. The summed E-state index contributed by atoms with van der Waals surface area (Å²) in [5.74, 6) is 0.684. The van der Waals surface area contributed by atoms with Gasteiger partial charge in [0.05, 0.1) is 24.4 Å². The molecular formula is C21H22N2O3S. The van der Waals surface area contributed by atoms with Gasteiger partial charge in [0, 0.05) is 23.7 Å². The number of methoxy groups -OCH3 is 1. The molecule has 140 valence electrons. The van der Waals surface area contributed by atoms with Crippen LogP contribution in [0.5, 0.6) is 5.75 Å². The highest BCUT2D eigenvalue weighted by molar-refractivity contribution is 7.88. The number of fused-ring (bicyclic) bond motifs is 1. The Labute approximate surface area is 159 Å². The monoisotopic (exact) mass is 382 g/mol. The Morgan fingerprint density at radius 1 is 1.11 bits per heavy atom. The van der Waals surface area contributed by atoms with E-state index >= 15 is 0 Å². The molecule has 5 nitrogen and oxygen atoms in total. The molecule has 27 heavy (non-hydrogen) atoms. The fraction of sp³-hybridized carbons (Fsp3) is 0.286. The molecule has 0 amide bonds. The summed E-state index contributed by atoms with van der Waals surface area (Å²) < 4.78 is 33.7. The molecule has 0 spiro atoms. The quantitative estimate of drug-likeness (QED) is 0.671. The van der Waals surface area contributed by atoms with Crippen LogP contribution in [0, 0.1) is 0 Å². The Hall–Kier alpha value is -2.44. The molecule has 0 N–H and O–H groups in total. The lowest BCUT2D eigenvalue weighted by Crippen LogP contribution is -2.32. The summed E-state index contributed by atoms with van der Waals surface area (Å²) in [6, 6.07) is 17.0. The van der Waals surface area contributed by atoms with Gasteiger partial charge in [-0.15, -0.1) is 0 Å². The van der Waals surface area contributed by atoms with Crippen molar-refractivity contribution in [2.45, 2.75) is 24.6 Å². The first-order chi connectivity index (χ1) is 13.1. The highest BCUT2D eigenvalue weighted by Crippen LogP contribution is 2.39. The van der Waals surface area contributed by atoms with E-state index in [-0.39, 0.29) is 11.8 Å². The van der Waals surface area contributed by atoms with Gasteiger partial charge in [0.1, 0.15) is 5.75 Å². The summed E-state index contributed by atoms with van der Waals surface area (Å²) in [6.45, 7) is 0.531. The van der Waals surface area contributed by atoms with Gasteiger partial charge in [-0.05, 0) is 30.5 Å². The number of hydrogen-bond donors (Lipinski definition) is 0. The average Bonchev–Trinajstić information content (AvgIpc) is 3.19. The minimum atomic E-state index is -3.49. The third-order valence-electron chi connectivity index (χ3n) is 5.11. The first-order valence-corrected chi connectivity index (χ1v) is 10.7. The van der Waals surface area contributed by atoms with E-state index in [2.05, 4.69) is 4.98 Å². The van der Waals surface area contributed by atoms with Gasteiger partial charge >= 0.3 is 0 Å². The summed E-state index contributed by atoms with van der Waals surface area (Å²) in [6.07, 6.45) is 3.34. The zero-order chi connectivity index (χ0) is 18.9. The standard InChI is InChI=1S/C21H22N2O3S/c1-26-20-12-3-2-10-18(20)19-11-6-14-23(19)27(24,25)15-17-8-4-7-16-9-5-13-22-21(16)17/h2-5,7-10,12-13,19H,6,11,14-15H2,1H3/t19-/m1/s1. The van der Waals surface area contributed by atoms with Crippen molar-refractivity contribution in [2.24, 2.45) is 0 Å². The van der Waals surface area contributed by atoms with Crippen molar-refractivity contribution in [3.05, 3.63) is 71.9 Å². The number of rotatable bonds is 5. The lowest BCUT2D eigenvalue weighted by molar-refractivity contribution is 0.366. The number of benzene rings is 2. The minimum absolute atomic E-state index is 0.0486. The molecule has 1 aromatic heterocycles. The summed E-state index contributed by atoms with van der Waals surface area (Å²) in [5.41, 5.74) is 2.41. The predicted molar refractivity (Wildman–Crippen MR) is 106 cm³/mol. The summed E-state index contributed by atoms with van der Waals surface area (Å²) >= 11 is 0.